The number of fused-ring (bicyclic) bond motifs is 1. The third kappa shape index (κ3) is 6.72. The first kappa shape index (κ1) is 30.8. The van der Waals surface area contributed by atoms with Gasteiger partial charge in [-0.15, -0.1) is 0 Å². The first-order valence-corrected chi connectivity index (χ1v) is 13.3. The van der Waals surface area contributed by atoms with Gasteiger partial charge in [0.15, 0.2) is 0 Å². The normalized spacial score (nSPS) is 11.4. The third-order valence-electron chi connectivity index (χ3n) is 5.68. The number of benzene rings is 4. The monoisotopic (exact) mass is 595 g/mol. The van der Waals surface area contributed by atoms with Gasteiger partial charge in [-0.1, -0.05) is 60.1 Å². The molecule has 0 saturated heterocycles. The van der Waals surface area contributed by atoms with Crippen molar-refractivity contribution in [2.45, 2.75) is 18.2 Å². The van der Waals surface area contributed by atoms with Crippen LogP contribution in [0.4, 0.5) is 17.1 Å². The van der Waals surface area contributed by atoms with E-state index in [9.17, 15) is 22.9 Å². The van der Waals surface area contributed by atoms with Gasteiger partial charge in [-0.3, -0.25) is 9.35 Å². The van der Waals surface area contributed by atoms with Gasteiger partial charge in [0.2, 0.25) is 0 Å². The molecular formula is C26H20Cl2N3NaO6S. The van der Waals surface area contributed by atoms with Crippen molar-refractivity contribution in [1.82, 2.24) is 0 Å². The second-order valence-corrected chi connectivity index (χ2v) is 10.3. The predicted molar refractivity (Wildman–Crippen MR) is 144 cm³/mol. The van der Waals surface area contributed by atoms with Crippen LogP contribution in [0.5, 0.6) is 11.5 Å². The number of amides is 1. The quantitative estimate of drug-likeness (QED) is 0.189. The number of hydrogen-bond donors (Lipinski definition) is 2. The van der Waals surface area contributed by atoms with E-state index >= 15 is 0 Å². The Morgan fingerprint density at radius 1 is 1.05 bits per heavy atom. The summed E-state index contributed by atoms with van der Waals surface area (Å²) in [5, 5.41) is 25.4. The Morgan fingerprint density at radius 2 is 1.77 bits per heavy atom. The molecule has 4 rings (SSSR count). The van der Waals surface area contributed by atoms with Gasteiger partial charge in [-0.05, 0) is 53.8 Å². The van der Waals surface area contributed by atoms with Crippen molar-refractivity contribution < 1.29 is 57.2 Å². The van der Waals surface area contributed by atoms with Gasteiger partial charge in [0.25, 0.3) is 16.0 Å². The second kappa shape index (κ2) is 12.6. The molecule has 0 aromatic heterocycles. The molecule has 196 valence electrons. The van der Waals surface area contributed by atoms with E-state index in [0.29, 0.717) is 34.2 Å². The summed E-state index contributed by atoms with van der Waals surface area (Å²) in [5.74, 6) is -0.951. The number of ether oxygens (including phenoxy) is 1. The summed E-state index contributed by atoms with van der Waals surface area (Å²) in [5.41, 5.74) is 0.674. The van der Waals surface area contributed by atoms with E-state index < -0.39 is 26.7 Å². The number of aryl methyl sites for hydroxylation is 1. The third-order valence-corrected chi connectivity index (χ3v) is 7.29. The molecule has 0 atom stereocenters. The van der Waals surface area contributed by atoms with Crippen molar-refractivity contribution in [3.63, 3.8) is 0 Å². The molecule has 4 aromatic carbocycles. The van der Waals surface area contributed by atoms with Crippen LogP contribution < -0.4 is 44.7 Å². The Bertz CT molecular complexity index is 1710. The van der Waals surface area contributed by atoms with E-state index in [2.05, 4.69) is 15.5 Å². The average Bonchev–Trinajstić information content (AvgIpc) is 2.87. The van der Waals surface area contributed by atoms with Crippen LogP contribution in [-0.2, 0) is 16.5 Å². The smallest absolute Gasteiger partial charge is 0.870 e. The molecule has 4 aromatic rings. The summed E-state index contributed by atoms with van der Waals surface area (Å²) in [6, 6.07) is 15.4. The number of hydrogen-bond acceptors (Lipinski definition) is 7. The molecule has 2 N–H and O–H groups in total. The van der Waals surface area contributed by atoms with Crippen LogP contribution in [0.15, 0.2) is 75.8 Å². The summed E-state index contributed by atoms with van der Waals surface area (Å²) >= 11 is 12.2. The molecule has 0 radical (unpaired) electrons. The van der Waals surface area contributed by atoms with E-state index in [4.69, 9.17) is 27.9 Å². The van der Waals surface area contributed by atoms with Crippen molar-refractivity contribution >= 4 is 67.1 Å². The first-order chi connectivity index (χ1) is 18.0. The summed E-state index contributed by atoms with van der Waals surface area (Å²) in [7, 11) is -3.16. The van der Waals surface area contributed by atoms with Crippen LogP contribution in [0.1, 0.15) is 22.8 Å². The van der Waals surface area contributed by atoms with Crippen LogP contribution in [-0.4, -0.2) is 26.0 Å². The average molecular weight is 596 g/mol. The van der Waals surface area contributed by atoms with Crippen molar-refractivity contribution in [2.24, 2.45) is 10.2 Å². The van der Waals surface area contributed by atoms with Crippen molar-refractivity contribution in [3.8, 4) is 11.5 Å². The van der Waals surface area contributed by atoms with E-state index in [1.807, 2.05) is 0 Å². The van der Waals surface area contributed by atoms with Gasteiger partial charge in [0.1, 0.15) is 10.6 Å². The number of halogens is 2. The number of nitrogens with zero attached hydrogens (tertiary/aromatic N) is 2. The van der Waals surface area contributed by atoms with Gasteiger partial charge in [-0.25, -0.2) is 0 Å². The van der Waals surface area contributed by atoms with Gasteiger partial charge >= 0.3 is 29.6 Å². The fourth-order valence-corrected chi connectivity index (χ4v) is 5.08. The number of rotatable bonds is 7. The number of carbonyl (C=O) groups excluding carboxylic acids is 1. The zero-order chi connectivity index (χ0) is 27.6. The molecule has 1 amide bonds. The summed E-state index contributed by atoms with van der Waals surface area (Å²) in [4.78, 5) is 12.6. The molecule has 0 aliphatic rings. The molecule has 39 heavy (non-hydrogen) atoms. The molecule has 0 bridgehead atoms. The maximum absolute atomic E-state index is 13.4. The minimum atomic E-state index is -4.63. The SMILES string of the molecule is CCc1cc(Cl)c(S(=O)(=O)O)cc1N=Nc1c([O-])c(C(=O)Nc2ccc(OC)c(Cl)c2)cc2ccccc12.[Na+]. The standard InChI is InChI=1S/C26H21Cl2N3O6S.Na/c1-3-14-11-20(28)23(38(34,35)36)13-21(14)30-31-24-17-7-5-4-6-15(17)10-18(25(24)32)26(33)29-16-8-9-22(37-2)19(27)12-16;/h4-13,32H,3H2,1-2H3,(H,29,33)(H,34,35,36);/q;+1/p-1. The van der Waals surface area contributed by atoms with Gasteiger partial charge < -0.3 is 15.2 Å². The number of anilines is 1. The number of azo groups is 1. The van der Waals surface area contributed by atoms with Crippen LogP contribution in [0, 0.1) is 0 Å². The van der Waals surface area contributed by atoms with Crippen molar-refractivity contribution in [1.29, 1.82) is 0 Å². The van der Waals surface area contributed by atoms with Crippen molar-refractivity contribution in [3.05, 3.63) is 81.8 Å². The van der Waals surface area contributed by atoms with E-state index in [1.54, 1.807) is 43.3 Å². The summed E-state index contributed by atoms with van der Waals surface area (Å²) < 4.78 is 38.1. The fraction of sp³-hybridized carbons (Fsp3) is 0.115. The Hall–Kier alpha value is -2.70. The summed E-state index contributed by atoms with van der Waals surface area (Å²) in [6.45, 7) is 1.79. The Kier molecular flexibility index (Phi) is 10.0. The molecule has 0 spiro atoms. The molecule has 0 heterocycles. The number of methoxy groups -OCH3 is 1. The topological polar surface area (TPSA) is 140 Å². The number of carbonyl (C=O) groups is 1. The minimum Gasteiger partial charge on any atom is -0.870 e. The maximum Gasteiger partial charge on any atom is 1.00 e. The van der Waals surface area contributed by atoms with Crippen molar-refractivity contribution in [2.75, 3.05) is 12.4 Å². The van der Waals surface area contributed by atoms with E-state index in [-0.39, 0.29) is 56.5 Å². The predicted octanol–water partition coefficient (Wildman–Crippen LogP) is 3.71. The van der Waals surface area contributed by atoms with Crippen LogP contribution >= 0.6 is 23.2 Å². The molecule has 0 aliphatic carbocycles. The molecule has 0 aliphatic heterocycles. The second-order valence-electron chi connectivity index (χ2n) is 8.07. The summed E-state index contributed by atoms with van der Waals surface area (Å²) in [6.07, 6.45) is 0.414. The van der Waals surface area contributed by atoms with Crippen LogP contribution in [0.25, 0.3) is 10.8 Å². The molecule has 13 heteroatoms. The van der Waals surface area contributed by atoms with E-state index in [1.165, 1.54) is 25.3 Å². The molecule has 0 saturated carbocycles. The Labute approximate surface area is 256 Å². The Balaban J connectivity index is 0.00000420. The van der Waals surface area contributed by atoms with Gasteiger partial charge in [0.05, 0.1) is 28.5 Å². The van der Waals surface area contributed by atoms with Crippen LogP contribution in [0.2, 0.25) is 10.0 Å². The number of nitrogens with one attached hydrogen (secondary N) is 1. The van der Waals surface area contributed by atoms with Crippen LogP contribution in [0.3, 0.4) is 0 Å². The maximum atomic E-state index is 13.4. The molecular weight excluding hydrogens is 576 g/mol. The molecule has 9 nitrogen and oxygen atoms in total. The van der Waals surface area contributed by atoms with Gasteiger partial charge in [0, 0.05) is 16.6 Å². The van der Waals surface area contributed by atoms with E-state index in [0.717, 1.165) is 6.07 Å². The first-order valence-electron chi connectivity index (χ1n) is 11.1. The fourth-order valence-electron chi connectivity index (χ4n) is 3.78. The Morgan fingerprint density at radius 3 is 2.41 bits per heavy atom. The molecule has 0 fully saturated rings. The zero-order valence-corrected chi connectivity index (χ0v) is 25.4. The van der Waals surface area contributed by atoms with Gasteiger partial charge in [-0.2, -0.15) is 18.6 Å². The molecule has 0 unspecified atom stereocenters. The zero-order valence-electron chi connectivity index (χ0n) is 21.0. The minimum absolute atomic E-state index is 0. The largest absolute Gasteiger partial charge is 1.00 e.